The van der Waals surface area contributed by atoms with Crippen LogP contribution in [-0.2, 0) is 10.0 Å². The van der Waals surface area contributed by atoms with Crippen LogP contribution >= 0.6 is 69.6 Å². The predicted molar refractivity (Wildman–Crippen MR) is 93.1 cm³/mol. The highest BCUT2D eigenvalue weighted by atomic mass is 35.5. The molecule has 0 radical (unpaired) electrons. The SMILES string of the molecule is O=S(=O)([N-]c1c(Cl)c(Cl)c(Cl)c(Cl)c1Cl)c1ccc(Cl)cc1. The first-order valence-electron chi connectivity index (χ1n) is 5.40. The van der Waals surface area contributed by atoms with Crippen molar-refractivity contribution < 1.29 is 8.42 Å². The zero-order chi connectivity index (χ0) is 16.7. The van der Waals surface area contributed by atoms with Crippen molar-refractivity contribution in [3.05, 3.63) is 59.1 Å². The molecule has 22 heavy (non-hydrogen) atoms. The Kier molecular flexibility index (Phi) is 5.66. The van der Waals surface area contributed by atoms with Crippen LogP contribution in [0.15, 0.2) is 29.2 Å². The zero-order valence-electron chi connectivity index (χ0n) is 10.2. The van der Waals surface area contributed by atoms with Crippen LogP contribution in [0.3, 0.4) is 0 Å². The summed E-state index contributed by atoms with van der Waals surface area (Å²) in [7, 11) is -4.08. The lowest BCUT2D eigenvalue weighted by molar-refractivity contribution is 0.603. The molecule has 2 aromatic carbocycles. The van der Waals surface area contributed by atoms with Gasteiger partial charge in [-0.2, -0.15) is 0 Å². The standard InChI is InChI=1S/C12H4Cl6NO2S/c13-5-1-3-6(4-2-5)22(20,21)19-12-10(17)8(15)7(14)9(16)11(12)18/h1-4H/q-1. The average Bonchev–Trinajstić information content (AvgIpc) is 2.48. The van der Waals surface area contributed by atoms with Gasteiger partial charge in [-0.25, -0.2) is 8.42 Å². The Morgan fingerprint density at radius 2 is 1.09 bits per heavy atom. The van der Waals surface area contributed by atoms with Crippen molar-refractivity contribution in [3.8, 4) is 0 Å². The maximum atomic E-state index is 12.3. The minimum absolute atomic E-state index is 0.0822. The summed E-state index contributed by atoms with van der Waals surface area (Å²) in [6, 6.07) is 5.41. The van der Waals surface area contributed by atoms with Crippen molar-refractivity contribution in [1.29, 1.82) is 0 Å². The maximum absolute atomic E-state index is 12.3. The summed E-state index contributed by atoms with van der Waals surface area (Å²) in [5, 5.41) is -0.392. The molecule has 0 atom stereocenters. The van der Waals surface area contributed by atoms with Crippen LogP contribution in [0.1, 0.15) is 0 Å². The highest BCUT2D eigenvalue weighted by Gasteiger charge is 2.17. The minimum atomic E-state index is -4.08. The predicted octanol–water partition coefficient (Wildman–Crippen LogP) is 7.00. The number of hydrogen-bond donors (Lipinski definition) is 0. The van der Waals surface area contributed by atoms with E-state index < -0.39 is 10.0 Å². The molecule has 0 aliphatic rings. The van der Waals surface area contributed by atoms with Crippen LogP contribution in [0, 0.1) is 0 Å². The second-order valence-corrected chi connectivity index (χ2v) is 7.87. The van der Waals surface area contributed by atoms with E-state index in [1.165, 1.54) is 24.3 Å². The van der Waals surface area contributed by atoms with E-state index in [1.54, 1.807) is 0 Å². The molecule has 3 nitrogen and oxygen atoms in total. The second-order valence-electron chi connectivity index (χ2n) is 3.94. The molecule has 0 fully saturated rings. The Bertz CT molecular complexity index is 807. The first-order chi connectivity index (χ1) is 10.1. The van der Waals surface area contributed by atoms with Gasteiger partial charge >= 0.3 is 0 Å². The lowest BCUT2D eigenvalue weighted by Crippen LogP contribution is -1.98. The number of hydrogen-bond acceptors (Lipinski definition) is 2. The van der Waals surface area contributed by atoms with Gasteiger partial charge in [-0.1, -0.05) is 75.3 Å². The average molecular weight is 439 g/mol. The van der Waals surface area contributed by atoms with Crippen LogP contribution in [0.2, 0.25) is 30.1 Å². The van der Waals surface area contributed by atoms with E-state index in [2.05, 4.69) is 4.72 Å². The molecule has 0 bridgehead atoms. The third-order valence-corrected chi connectivity index (χ3v) is 6.31. The molecular formula is C12H4Cl6NO2S-. The van der Waals surface area contributed by atoms with Gasteiger partial charge in [-0.3, -0.25) is 0 Å². The normalized spacial score (nSPS) is 11.5. The molecule has 0 unspecified atom stereocenters. The molecule has 10 heteroatoms. The third-order valence-electron chi connectivity index (χ3n) is 2.51. The van der Waals surface area contributed by atoms with Crippen molar-refractivity contribution in [3.63, 3.8) is 0 Å². The first kappa shape index (κ1) is 18.3. The van der Waals surface area contributed by atoms with Gasteiger partial charge in [0.1, 0.15) is 10.0 Å². The summed E-state index contributed by atoms with van der Waals surface area (Å²) in [5.74, 6) is 0. The number of sulfonamides is 1. The van der Waals surface area contributed by atoms with Gasteiger partial charge in [-0.15, -0.1) is 0 Å². The summed E-state index contributed by atoms with van der Waals surface area (Å²) in [6.45, 7) is 0. The van der Waals surface area contributed by atoms with E-state index >= 15 is 0 Å². The Balaban J connectivity index is 2.53. The lowest BCUT2D eigenvalue weighted by atomic mass is 10.3. The highest BCUT2D eigenvalue weighted by Crippen LogP contribution is 2.51. The van der Waals surface area contributed by atoms with Gasteiger partial charge in [0.05, 0.1) is 20.0 Å². The van der Waals surface area contributed by atoms with Crippen molar-refractivity contribution in [1.82, 2.24) is 0 Å². The smallest absolute Gasteiger partial charge is 0.123 e. The molecule has 2 aromatic rings. The monoisotopic (exact) mass is 436 g/mol. The summed E-state index contributed by atoms with van der Waals surface area (Å²) in [6.07, 6.45) is 0. The Morgan fingerprint density at radius 1 is 0.682 bits per heavy atom. The molecule has 0 aliphatic carbocycles. The minimum Gasteiger partial charge on any atom is -0.570 e. The maximum Gasteiger partial charge on any atom is 0.123 e. The molecular weight excluding hydrogens is 435 g/mol. The largest absolute Gasteiger partial charge is 0.570 e. The lowest BCUT2D eigenvalue weighted by Gasteiger charge is -2.26. The van der Waals surface area contributed by atoms with Crippen LogP contribution < -0.4 is 0 Å². The van der Waals surface area contributed by atoms with Gasteiger partial charge in [0.25, 0.3) is 0 Å². The van der Waals surface area contributed by atoms with Gasteiger partial charge in [0.2, 0.25) is 0 Å². The van der Waals surface area contributed by atoms with Crippen LogP contribution in [0.25, 0.3) is 4.72 Å². The van der Waals surface area contributed by atoms with Gasteiger partial charge in [0, 0.05) is 15.1 Å². The van der Waals surface area contributed by atoms with Crippen molar-refractivity contribution in [2.24, 2.45) is 0 Å². The molecule has 0 heterocycles. The molecule has 0 spiro atoms. The molecule has 0 saturated carbocycles. The Hall–Kier alpha value is -0.0700. The van der Waals surface area contributed by atoms with Gasteiger partial charge < -0.3 is 4.72 Å². The van der Waals surface area contributed by atoms with E-state index in [4.69, 9.17) is 69.6 Å². The third kappa shape index (κ3) is 3.54. The van der Waals surface area contributed by atoms with Crippen molar-refractivity contribution in [2.45, 2.75) is 4.90 Å². The highest BCUT2D eigenvalue weighted by molar-refractivity contribution is 7.94. The fraction of sp³-hybridized carbons (Fsp3) is 0. The topological polar surface area (TPSA) is 48.2 Å². The summed E-state index contributed by atoms with van der Waals surface area (Å²) >= 11 is 35.2. The van der Waals surface area contributed by atoms with Gasteiger partial charge in [0.15, 0.2) is 0 Å². The Morgan fingerprint density at radius 3 is 1.55 bits per heavy atom. The van der Waals surface area contributed by atoms with Crippen LogP contribution in [0.4, 0.5) is 5.69 Å². The van der Waals surface area contributed by atoms with E-state index in [9.17, 15) is 8.42 Å². The van der Waals surface area contributed by atoms with Crippen LogP contribution in [-0.4, -0.2) is 8.42 Å². The fourth-order valence-corrected chi connectivity index (χ4v) is 3.90. The number of benzene rings is 2. The molecule has 0 saturated heterocycles. The van der Waals surface area contributed by atoms with E-state index in [-0.39, 0.29) is 35.7 Å². The van der Waals surface area contributed by atoms with Crippen LogP contribution in [0.5, 0.6) is 0 Å². The quantitative estimate of drug-likeness (QED) is 0.382. The summed E-state index contributed by atoms with van der Waals surface area (Å²) < 4.78 is 28.1. The van der Waals surface area contributed by atoms with E-state index in [0.717, 1.165) is 0 Å². The molecule has 0 aromatic heterocycles. The molecule has 0 aliphatic heterocycles. The number of rotatable bonds is 3. The van der Waals surface area contributed by atoms with Gasteiger partial charge in [-0.05, 0) is 24.3 Å². The summed E-state index contributed by atoms with van der Waals surface area (Å²) in [5.41, 5.74) is -0.280. The number of nitrogens with zero attached hydrogens (tertiary/aromatic N) is 1. The Labute approximate surface area is 157 Å². The fourth-order valence-electron chi connectivity index (χ4n) is 1.45. The molecule has 0 N–H and O–H groups in total. The van der Waals surface area contributed by atoms with Crippen molar-refractivity contribution in [2.75, 3.05) is 0 Å². The van der Waals surface area contributed by atoms with E-state index in [1.807, 2.05) is 0 Å². The molecule has 118 valence electrons. The zero-order valence-corrected chi connectivity index (χ0v) is 15.6. The number of halogens is 6. The second kappa shape index (κ2) is 6.81. The molecule has 2 rings (SSSR count). The van der Waals surface area contributed by atoms with Crippen molar-refractivity contribution >= 4 is 85.3 Å². The molecule has 0 amide bonds. The summed E-state index contributed by atoms with van der Waals surface area (Å²) in [4.78, 5) is -0.0915. The first-order valence-corrected chi connectivity index (χ1v) is 9.11. The van der Waals surface area contributed by atoms with E-state index in [0.29, 0.717) is 5.02 Å².